The van der Waals surface area contributed by atoms with Gasteiger partial charge >= 0.3 is 0 Å². The van der Waals surface area contributed by atoms with Crippen LogP contribution in [0.5, 0.6) is 0 Å². The summed E-state index contributed by atoms with van der Waals surface area (Å²) in [5.41, 5.74) is 1.06. The van der Waals surface area contributed by atoms with Crippen molar-refractivity contribution in [2.24, 2.45) is 0 Å². The van der Waals surface area contributed by atoms with E-state index in [0.29, 0.717) is 15.5 Å². The molecule has 66 valence electrons. The van der Waals surface area contributed by atoms with Crippen LogP contribution in [0.2, 0.25) is 5.15 Å². The Labute approximate surface area is 86.9 Å². The topological polar surface area (TPSA) is 25.8 Å². The third-order valence-electron chi connectivity index (χ3n) is 1.55. The van der Waals surface area contributed by atoms with Crippen LogP contribution in [-0.4, -0.2) is 9.97 Å². The number of hydrogen-bond acceptors (Lipinski definition) is 2. The maximum absolute atomic E-state index is 13.0. The van der Waals surface area contributed by atoms with Crippen LogP contribution in [-0.2, 0) is 0 Å². The summed E-state index contributed by atoms with van der Waals surface area (Å²) in [7, 11) is 0. The van der Waals surface area contributed by atoms with Crippen molar-refractivity contribution in [2.45, 2.75) is 0 Å². The van der Waals surface area contributed by atoms with Crippen LogP contribution in [0.1, 0.15) is 0 Å². The Bertz CT molecular complexity index is 475. The molecule has 1 aromatic carbocycles. The molecule has 2 nitrogen and oxygen atoms in total. The zero-order valence-corrected chi connectivity index (χ0v) is 8.60. The zero-order chi connectivity index (χ0) is 9.42. The molecule has 2 rings (SSSR count). The van der Waals surface area contributed by atoms with E-state index in [4.69, 9.17) is 11.6 Å². The largest absolute Gasteiger partial charge is 0.251 e. The fourth-order valence-electron chi connectivity index (χ4n) is 0.986. The van der Waals surface area contributed by atoms with Gasteiger partial charge in [-0.25, -0.2) is 9.37 Å². The summed E-state index contributed by atoms with van der Waals surface area (Å²) in [6.45, 7) is 0. The van der Waals surface area contributed by atoms with Crippen molar-refractivity contribution in [2.75, 3.05) is 0 Å². The number of fused-ring (bicyclic) bond motifs is 1. The molecule has 0 aliphatic carbocycles. The molecule has 0 N–H and O–H groups in total. The minimum absolute atomic E-state index is 0.259. The van der Waals surface area contributed by atoms with Gasteiger partial charge in [-0.3, -0.25) is 4.98 Å². The van der Waals surface area contributed by atoms with Gasteiger partial charge in [0.2, 0.25) is 0 Å². The van der Waals surface area contributed by atoms with Crippen LogP contribution in [0.4, 0.5) is 4.39 Å². The van der Waals surface area contributed by atoms with Gasteiger partial charge in [0.15, 0.2) is 0 Å². The molecular formula is C8H3BrClFN2. The fourth-order valence-corrected chi connectivity index (χ4v) is 1.46. The lowest BCUT2D eigenvalue weighted by molar-refractivity contribution is 0.622. The maximum atomic E-state index is 13.0. The molecule has 0 radical (unpaired) electrons. The molecule has 0 fully saturated rings. The van der Waals surface area contributed by atoms with Crippen molar-refractivity contribution in [3.63, 3.8) is 0 Å². The molecule has 0 aliphatic heterocycles. The summed E-state index contributed by atoms with van der Waals surface area (Å²) in [5, 5.41) is 0.259. The Kier molecular flexibility index (Phi) is 2.17. The SMILES string of the molecule is Fc1cc2nc(Cl)cnc2cc1Br. The Hall–Kier alpha value is -0.740. The Morgan fingerprint density at radius 3 is 2.85 bits per heavy atom. The summed E-state index contributed by atoms with van der Waals surface area (Å²) < 4.78 is 13.4. The van der Waals surface area contributed by atoms with Crippen molar-refractivity contribution in [1.82, 2.24) is 9.97 Å². The molecule has 0 spiro atoms. The van der Waals surface area contributed by atoms with Crippen LogP contribution in [0.15, 0.2) is 22.8 Å². The second-order valence-electron chi connectivity index (χ2n) is 2.45. The molecule has 5 heteroatoms. The zero-order valence-electron chi connectivity index (χ0n) is 6.26. The van der Waals surface area contributed by atoms with Crippen molar-refractivity contribution in [3.8, 4) is 0 Å². The normalized spacial score (nSPS) is 10.7. The summed E-state index contributed by atoms with van der Waals surface area (Å²) in [5.74, 6) is -0.371. The summed E-state index contributed by atoms with van der Waals surface area (Å²) >= 11 is 8.66. The van der Waals surface area contributed by atoms with Crippen LogP contribution < -0.4 is 0 Å². The minimum atomic E-state index is -0.371. The average Bonchev–Trinajstić information content (AvgIpc) is 2.08. The number of benzene rings is 1. The highest BCUT2D eigenvalue weighted by molar-refractivity contribution is 9.10. The standard InChI is InChI=1S/C8H3BrClFN2/c9-4-1-6-7(2-5(4)11)13-8(10)3-12-6/h1-3H. The average molecular weight is 261 g/mol. The predicted molar refractivity (Wildman–Crippen MR) is 52.2 cm³/mol. The first-order valence-corrected chi connectivity index (χ1v) is 4.61. The van der Waals surface area contributed by atoms with Gasteiger partial charge in [-0.2, -0.15) is 0 Å². The Morgan fingerprint density at radius 2 is 2.08 bits per heavy atom. The fraction of sp³-hybridized carbons (Fsp3) is 0. The van der Waals surface area contributed by atoms with E-state index in [9.17, 15) is 4.39 Å². The summed E-state index contributed by atoms with van der Waals surface area (Å²) in [4.78, 5) is 7.91. The monoisotopic (exact) mass is 260 g/mol. The van der Waals surface area contributed by atoms with E-state index in [1.54, 1.807) is 6.07 Å². The second kappa shape index (κ2) is 3.20. The van der Waals surface area contributed by atoms with E-state index >= 15 is 0 Å². The van der Waals surface area contributed by atoms with Crippen molar-refractivity contribution in [3.05, 3.63) is 33.8 Å². The molecular weight excluding hydrogens is 258 g/mol. The lowest BCUT2D eigenvalue weighted by atomic mass is 10.3. The smallest absolute Gasteiger partial charge is 0.148 e. The Balaban J connectivity index is 2.81. The molecule has 0 saturated carbocycles. The molecule has 1 aromatic heterocycles. The van der Waals surface area contributed by atoms with Gasteiger partial charge in [-0.15, -0.1) is 0 Å². The van der Waals surface area contributed by atoms with Gasteiger partial charge in [0.1, 0.15) is 11.0 Å². The second-order valence-corrected chi connectivity index (χ2v) is 3.69. The van der Waals surface area contributed by atoms with E-state index in [-0.39, 0.29) is 11.0 Å². The molecule has 0 atom stereocenters. The number of aromatic nitrogens is 2. The number of hydrogen-bond donors (Lipinski definition) is 0. The highest BCUT2D eigenvalue weighted by Gasteiger charge is 2.04. The third kappa shape index (κ3) is 1.64. The lowest BCUT2D eigenvalue weighted by Crippen LogP contribution is -1.86. The summed E-state index contributed by atoms with van der Waals surface area (Å²) in [6, 6.07) is 2.85. The van der Waals surface area contributed by atoms with E-state index in [2.05, 4.69) is 25.9 Å². The van der Waals surface area contributed by atoms with Gasteiger partial charge < -0.3 is 0 Å². The predicted octanol–water partition coefficient (Wildman–Crippen LogP) is 3.18. The van der Waals surface area contributed by atoms with E-state index in [1.807, 2.05) is 0 Å². The van der Waals surface area contributed by atoms with E-state index < -0.39 is 0 Å². The molecule has 0 unspecified atom stereocenters. The molecule has 0 amide bonds. The van der Waals surface area contributed by atoms with Gasteiger partial charge in [0.25, 0.3) is 0 Å². The lowest BCUT2D eigenvalue weighted by Gasteiger charge is -1.98. The minimum Gasteiger partial charge on any atom is -0.251 e. The molecule has 2 aromatic rings. The highest BCUT2D eigenvalue weighted by Crippen LogP contribution is 2.21. The molecule has 0 aliphatic rings. The van der Waals surface area contributed by atoms with Crippen LogP contribution in [0.3, 0.4) is 0 Å². The van der Waals surface area contributed by atoms with Crippen LogP contribution in [0.25, 0.3) is 11.0 Å². The highest BCUT2D eigenvalue weighted by atomic mass is 79.9. The number of rotatable bonds is 0. The first kappa shape index (κ1) is 8.84. The van der Waals surface area contributed by atoms with Gasteiger partial charge in [0.05, 0.1) is 21.7 Å². The van der Waals surface area contributed by atoms with E-state index in [0.717, 1.165) is 0 Å². The van der Waals surface area contributed by atoms with Crippen molar-refractivity contribution >= 4 is 38.6 Å². The number of halogens is 3. The van der Waals surface area contributed by atoms with Gasteiger partial charge in [0, 0.05) is 6.07 Å². The van der Waals surface area contributed by atoms with Crippen molar-refractivity contribution < 1.29 is 4.39 Å². The first-order valence-electron chi connectivity index (χ1n) is 3.44. The van der Waals surface area contributed by atoms with Crippen molar-refractivity contribution in [1.29, 1.82) is 0 Å². The summed E-state index contributed by atoms with van der Waals surface area (Å²) in [6.07, 6.45) is 1.42. The van der Waals surface area contributed by atoms with Gasteiger partial charge in [-0.1, -0.05) is 11.6 Å². The van der Waals surface area contributed by atoms with E-state index in [1.165, 1.54) is 12.3 Å². The third-order valence-corrected chi connectivity index (χ3v) is 2.34. The number of nitrogens with zero attached hydrogens (tertiary/aromatic N) is 2. The quantitative estimate of drug-likeness (QED) is 0.728. The molecule has 0 bridgehead atoms. The maximum Gasteiger partial charge on any atom is 0.148 e. The van der Waals surface area contributed by atoms with Gasteiger partial charge in [-0.05, 0) is 22.0 Å². The Morgan fingerprint density at radius 1 is 1.31 bits per heavy atom. The molecule has 1 heterocycles. The molecule has 13 heavy (non-hydrogen) atoms. The van der Waals surface area contributed by atoms with Crippen LogP contribution in [0, 0.1) is 5.82 Å². The molecule has 0 saturated heterocycles. The first-order chi connectivity index (χ1) is 6.16. The van der Waals surface area contributed by atoms with Crippen LogP contribution >= 0.6 is 27.5 Å².